The van der Waals surface area contributed by atoms with Gasteiger partial charge >= 0.3 is 0 Å². The van der Waals surface area contributed by atoms with E-state index in [0.29, 0.717) is 6.42 Å². The molecule has 0 fully saturated rings. The van der Waals surface area contributed by atoms with Crippen molar-refractivity contribution in [1.82, 2.24) is 5.32 Å². The second-order valence-electron chi connectivity index (χ2n) is 10.5. The number of aliphatic hydroxyl groups excluding tert-OH is 2. The van der Waals surface area contributed by atoms with E-state index in [2.05, 4.69) is 19.2 Å². The van der Waals surface area contributed by atoms with E-state index in [4.69, 9.17) is 0 Å². The Morgan fingerprint density at radius 1 is 0.657 bits per heavy atom. The van der Waals surface area contributed by atoms with Crippen LogP contribution in [-0.2, 0) is 4.79 Å². The summed E-state index contributed by atoms with van der Waals surface area (Å²) in [6.07, 6.45) is 31.5. The van der Waals surface area contributed by atoms with Crippen molar-refractivity contribution >= 4 is 5.91 Å². The van der Waals surface area contributed by atoms with Crippen molar-refractivity contribution in [3.63, 3.8) is 0 Å². The number of nitrogens with one attached hydrogen (secondary N) is 1. The highest BCUT2D eigenvalue weighted by atomic mass is 16.3. The summed E-state index contributed by atoms with van der Waals surface area (Å²) in [5.74, 6) is -0.0722. The van der Waals surface area contributed by atoms with Crippen molar-refractivity contribution in [1.29, 1.82) is 0 Å². The van der Waals surface area contributed by atoms with E-state index in [1.165, 1.54) is 116 Å². The summed E-state index contributed by atoms with van der Waals surface area (Å²) in [5, 5.41) is 22.7. The molecular formula is C31H61NO3. The van der Waals surface area contributed by atoms with Gasteiger partial charge in [-0.05, 0) is 19.3 Å². The lowest BCUT2D eigenvalue weighted by atomic mass is 10.0. The first-order chi connectivity index (χ1) is 17.2. The van der Waals surface area contributed by atoms with Gasteiger partial charge in [0.1, 0.15) is 0 Å². The quantitative estimate of drug-likeness (QED) is 0.0791. The van der Waals surface area contributed by atoms with E-state index in [9.17, 15) is 15.0 Å². The van der Waals surface area contributed by atoms with Crippen molar-refractivity contribution in [2.75, 3.05) is 6.61 Å². The number of unbranched alkanes of at least 4 members (excludes halogenated alkanes) is 20. The van der Waals surface area contributed by atoms with Crippen LogP contribution in [0, 0.1) is 0 Å². The molecule has 1 amide bonds. The Balaban J connectivity index is 3.62. The van der Waals surface area contributed by atoms with Crippen LogP contribution in [0.1, 0.15) is 162 Å². The molecule has 2 unspecified atom stereocenters. The van der Waals surface area contributed by atoms with Crippen LogP contribution in [0.5, 0.6) is 0 Å². The molecule has 0 aromatic carbocycles. The number of carbonyl (C=O) groups excluding carboxylic acids is 1. The lowest BCUT2D eigenvalue weighted by Crippen LogP contribution is -2.45. The van der Waals surface area contributed by atoms with Crippen molar-refractivity contribution < 1.29 is 15.0 Å². The van der Waals surface area contributed by atoms with Gasteiger partial charge in [0.25, 0.3) is 0 Å². The Hall–Kier alpha value is -0.870. The first kappa shape index (κ1) is 34.1. The molecule has 0 heterocycles. The van der Waals surface area contributed by atoms with E-state index in [1.807, 2.05) is 6.08 Å². The summed E-state index contributed by atoms with van der Waals surface area (Å²) in [6, 6.07) is -0.611. The number of hydrogen-bond acceptors (Lipinski definition) is 3. The van der Waals surface area contributed by atoms with Gasteiger partial charge in [-0.15, -0.1) is 0 Å². The van der Waals surface area contributed by atoms with E-state index in [1.54, 1.807) is 6.08 Å². The molecule has 0 saturated carbocycles. The third-order valence-electron chi connectivity index (χ3n) is 7.02. The molecule has 0 aliphatic rings. The topological polar surface area (TPSA) is 69.6 Å². The Labute approximate surface area is 218 Å². The predicted molar refractivity (Wildman–Crippen MR) is 152 cm³/mol. The zero-order chi connectivity index (χ0) is 25.8. The minimum atomic E-state index is -0.829. The lowest BCUT2D eigenvalue weighted by molar-refractivity contribution is -0.123. The Kier molecular flexibility index (Phi) is 27.0. The molecule has 0 aromatic rings. The standard InChI is InChI=1S/C31H61NO3/c1-3-5-7-9-11-12-13-14-15-16-17-18-19-21-22-24-26-30(34)29(28-33)32-31(35)27-25-23-20-10-8-6-4-2/h24,26,29-30,33-34H,3-23,25,27-28H2,1-2H3,(H,32,35)/b26-24+. The van der Waals surface area contributed by atoms with Gasteiger partial charge in [0.05, 0.1) is 18.8 Å². The van der Waals surface area contributed by atoms with Gasteiger partial charge in [0, 0.05) is 6.42 Å². The largest absolute Gasteiger partial charge is 0.394 e. The van der Waals surface area contributed by atoms with Gasteiger partial charge in [-0.25, -0.2) is 0 Å². The number of allylic oxidation sites excluding steroid dienone is 1. The molecule has 35 heavy (non-hydrogen) atoms. The molecule has 3 N–H and O–H groups in total. The molecule has 0 aromatic heterocycles. The average Bonchev–Trinajstić information content (AvgIpc) is 2.86. The number of carbonyl (C=O) groups is 1. The number of amides is 1. The van der Waals surface area contributed by atoms with Gasteiger partial charge in [-0.2, -0.15) is 0 Å². The van der Waals surface area contributed by atoms with E-state index in [-0.39, 0.29) is 12.5 Å². The molecule has 0 bridgehead atoms. The molecule has 4 nitrogen and oxygen atoms in total. The minimum absolute atomic E-state index is 0.0722. The van der Waals surface area contributed by atoms with Gasteiger partial charge in [0.2, 0.25) is 5.91 Å². The molecule has 208 valence electrons. The molecule has 0 aliphatic heterocycles. The maximum Gasteiger partial charge on any atom is 0.220 e. The van der Waals surface area contributed by atoms with Crippen LogP contribution in [-0.4, -0.2) is 34.9 Å². The van der Waals surface area contributed by atoms with Gasteiger partial charge in [-0.1, -0.05) is 148 Å². The van der Waals surface area contributed by atoms with Crippen LogP contribution >= 0.6 is 0 Å². The molecule has 0 spiro atoms. The van der Waals surface area contributed by atoms with E-state index >= 15 is 0 Å². The fourth-order valence-electron chi connectivity index (χ4n) is 4.59. The summed E-state index contributed by atoms with van der Waals surface area (Å²) in [5.41, 5.74) is 0. The van der Waals surface area contributed by atoms with Gasteiger partial charge in [-0.3, -0.25) is 4.79 Å². The summed E-state index contributed by atoms with van der Waals surface area (Å²) < 4.78 is 0. The minimum Gasteiger partial charge on any atom is -0.394 e. The summed E-state index contributed by atoms with van der Waals surface area (Å²) in [4.78, 5) is 12.1. The first-order valence-electron chi connectivity index (χ1n) is 15.4. The number of aliphatic hydroxyl groups is 2. The zero-order valence-corrected chi connectivity index (χ0v) is 23.6. The van der Waals surface area contributed by atoms with Crippen LogP contribution in [0.3, 0.4) is 0 Å². The zero-order valence-electron chi connectivity index (χ0n) is 23.6. The summed E-state index contributed by atoms with van der Waals surface area (Å²) in [6.45, 7) is 4.25. The monoisotopic (exact) mass is 495 g/mol. The predicted octanol–water partition coefficient (Wildman–Crippen LogP) is 8.39. The fraction of sp³-hybridized carbons (Fsp3) is 0.903. The highest BCUT2D eigenvalue weighted by molar-refractivity contribution is 5.76. The fourth-order valence-corrected chi connectivity index (χ4v) is 4.59. The summed E-state index contributed by atoms with van der Waals surface area (Å²) in [7, 11) is 0. The normalized spacial score (nSPS) is 13.4. The molecule has 0 saturated heterocycles. The third-order valence-corrected chi connectivity index (χ3v) is 7.02. The second kappa shape index (κ2) is 27.7. The highest BCUT2D eigenvalue weighted by Crippen LogP contribution is 2.14. The molecule has 0 aliphatic carbocycles. The van der Waals surface area contributed by atoms with Crippen LogP contribution in [0.2, 0.25) is 0 Å². The van der Waals surface area contributed by atoms with Crippen molar-refractivity contribution in [2.24, 2.45) is 0 Å². The Bertz CT molecular complexity index is 466. The molecule has 4 heteroatoms. The smallest absolute Gasteiger partial charge is 0.220 e. The Morgan fingerprint density at radius 2 is 1.06 bits per heavy atom. The van der Waals surface area contributed by atoms with Crippen molar-refractivity contribution in [2.45, 2.75) is 174 Å². The van der Waals surface area contributed by atoms with Crippen LogP contribution < -0.4 is 5.32 Å². The van der Waals surface area contributed by atoms with Crippen molar-refractivity contribution in [3.05, 3.63) is 12.2 Å². The van der Waals surface area contributed by atoms with Gasteiger partial charge < -0.3 is 15.5 Å². The molecular weight excluding hydrogens is 434 g/mol. The van der Waals surface area contributed by atoms with Gasteiger partial charge in [0.15, 0.2) is 0 Å². The SMILES string of the molecule is CCCCCCCCCCCCCCCC/C=C/C(O)C(CO)NC(=O)CCCCCCCCC. The number of hydrogen-bond donors (Lipinski definition) is 3. The summed E-state index contributed by atoms with van der Waals surface area (Å²) >= 11 is 0. The average molecular weight is 496 g/mol. The lowest BCUT2D eigenvalue weighted by Gasteiger charge is -2.20. The van der Waals surface area contributed by atoms with Crippen LogP contribution in [0.4, 0.5) is 0 Å². The van der Waals surface area contributed by atoms with Crippen molar-refractivity contribution in [3.8, 4) is 0 Å². The van der Waals surface area contributed by atoms with Crippen LogP contribution in [0.25, 0.3) is 0 Å². The second-order valence-corrected chi connectivity index (χ2v) is 10.5. The molecule has 2 atom stereocenters. The number of rotatable bonds is 27. The first-order valence-corrected chi connectivity index (χ1v) is 15.4. The van der Waals surface area contributed by atoms with Crippen LogP contribution in [0.15, 0.2) is 12.2 Å². The molecule has 0 rings (SSSR count). The third kappa shape index (κ3) is 24.6. The highest BCUT2D eigenvalue weighted by Gasteiger charge is 2.17. The maximum absolute atomic E-state index is 12.1. The Morgan fingerprint density at radius 3 is 1.49 bits per heavy atom. The van der Waals surface area contributed by atoms with E-state index in [0.717, 1.165) is 25.7 Å². The van der Waals surface area contributed by atoms with E-state index < -0.39 is 12.1 Å². The molecule has 0 radical (unpaired) electrons. The maximum atomic E-state index is 12.1.